The van der Waals surface area contributed by atoms with Crippen molar-refractivity contribution in [3.05, 3.63) is 47.4 Å². The lowest BCUT2D eigenvalue weighted by Gasteiger charge is -2.26. The van der Waals surface area contributed by atoms with E-state index in [1.54, 1.807) is 18.2 Å². The molecule has 124 valence electrons. The van der Waals surface area contributed by atoms with Crippen LogP contribution in [0.5, 0.6) is 0 Å². The van der Waals surface area contributed by atoms with Crippen LogP contribution >= 0.6 is 0 Å². The summed E-state index contributed by atoms with van der Waals surface area (Å²) in [4.78, 5) is 6.47. The number of aromatic nitrogens is 2. The minimum atomic E-state index is -0.245. The van der Waals surface area contributed by atoms with E-state index in [2.05, 4.69) is 15.0 Å². The number of hydrogen-bond donors (Lipinski definition) is 0. The van der Waals surface area contributed by atoms with E-state index >= 15 is 0 Å². The molecule has 0 amide bonds. The molecule has 0 radical (unpaired) electrons. The normalized spacial score (nSPS) is 18.5. The molecule has 1 unspecified atom stereocenters. The van der Waals surface area contributed by atoms with Crippen LogP contribution in [0.25, 0.3) is 0 Å². The number of benzene rings is 1. The number of ether oxygens (including phenoxy) is 1. The molecule has 0 bridgehead atoms. The van der Waals surface area contributed by atoms with Crippen LogP contribution in [-0.2, 0) is 17.7 Å². The maximum absolute atomic E-state index is 13.6. The Morgan fingerprint density at radius 2 is 2.17 bits per heavy atom. The van der Waals surface area contributed by atoms with Crippen LogP contribution in [0, 0.1) is 5.82 Å². The van der Waals surface area contributed by atoms with Crippen molar-refractivity contribution in [3.8, 4) is 0 Å². The molecule has 1 atom stereocenters. The summed E-state index contributed by atoms with van der Waals surface area (Å²) >= 11 is 0. The number of likely N-dealkylation sites (N-methyl/N-ethyl adjacent to an activating group) is 1. The standard InChI is InChI=1S/C17H22FN3O2/c1-21(11-14-7-4-5-9-22-14)12-17-19-16(20-23-17)10-13-6-2-3-8-15(13)18/h2-3,6,8,14H,4-5,7,9-12H2,1H3. The van der Waals surface area contributed by atoms with Crippen molar-refractivity contribution in [1.82, 2.24) is 15.0 Å². The van der Waals surface area contributed by atoms with Gasteiger partial charge in [-0.1, -0.05) is 23.4 Å². The summed E-state index contributed by atoms with van der Waals surface area (Å²) in [6, 6.07) is 6.65. The Morgan fingerprint density at radius 3 is 2.96 bits per heavy atom. The predicted octanol–water partition coefficient (Wildman–Crippen LogP) is 2.80. The Kier molecular flexibility index (Phi) is 5.35. The van der Waals surface area contributed by atoms with E-state index in [9.17, 15) is 4.39 Å². The first-order chi connectivity index (χ1) is 11.2. The summed E-state index contributed by atoms with van der Waals surface area (Å²) in [5, 5.41) is 3.94. The molecule has 2 aromatic rings. The Balaban J connectivity index is 1.53. The lowest BCUT2D eigenvalue weighted by molar-refractivity contribution is -0.00382. The highest BCUT2D eigenvalue weighted by molar-refractivity contribution is 5.20. The Hall–Kier alpha value is -1.79. The summed E-state index contributed by atoms with van der Waals surface area (Å²) in [7, 11) is 2.01. The quantitative estimate of drug-likeness (QED) is 0.819. The fourth-order valence-electron chi connectivity index (χ4n) is 2.83. The lowest BCUT2D eigenvalue weighted by Crippen LogP contribution is -2.33. The SMILES string of the molecule is CN(Cc1nc(Cc2ccccc2F)no1)CC1CCCCO1. The smallest absolute Gasteiger partial charge is 0.240 e. The highest BCUT2D eigenvalue weighted by Crippen LogP contribution is 2.15. The third-order valence-corrected chi connectivity index (χ3v) is 4.01. The molecule has 1 aromatic carbocycles. The van der Waals surface area contributed by atoms with Gasteiger partial charge in [0.25, 0.3) is 0 Å². The Labute approximate surface area is 135 Å². The molecule has 1 aliphatic rings. The number of halogens is 1. The average molecular weight is 319 g/mol. The minimum absolute atomic E-state index is 0.245. The van der Waals surface area contributed by atoms with Gasteiger partial charge in [0.15, 0.2) is 5.82 Å². The molecule has 0 N–H and O–H groups in total. The molecule has 0 saturated carbocycles. The number of rotatable bonds is 6. The van der Waals surface area contributed by atoms with Gasteiger partial charge < -0.3 is 9.26 Å². The predicted molar refractivity (Wildman–Crippen MR) is 83.4 cm³/mol. The fraction of sp³-hybridized carbons (Fsp3) is 0.529. The molecule has 1 fully saturated rings. The molecule has 23 heavy (non-hydrogen) atoms. The van der Waals surface area contributed by atoms with E-state index in [-0.39, 0.29) is 11.9 Å². The molecular formula is C17H22FN3O2. The van der Waals surface area contributed by atoms with Crippen LogP contribution in [0.15, 0.2) is 28.8 Å². The summed E-state index contributed by atoms with van der Waals surface area (Å²) in [6.45, 7) is 2.28. The molecule has 3 rings (SSSR count). The first-order valence-electron chi connectivity index (χ1n) is 8.06. The van der Waals surface area contributed by atoms with Gasteiger partial charge in [0.05, 0.1) is 12.6 Å². The van der Waals surface area contributed by atoms with Gasteiger partial charge >= 0.3 is 0 Å². The second-order valence-corrected chi connectivity index (χ2v) is 6.06. The molecule has 1 aromatic heterocycles. The molecule has 2 heterocycles. The first-order valence-corrected chi connectivity index (χ1v) is 8.06. The average Bonchev–Trinajstić information content (AvgIpc) is 2.97. The number of nitrogens with zero attached hydrogens (tertiary/aromatic N) is 3. The van der Waals surface area contributed by atoms with E-state index in [1.165, 1.54) is 12.5 Å². The molecule has 1 saturated heterocycles. The van der Waals surface area contributed by atoms with Crippen LogP contribution in [0.4, 0.5) is 4.39 Å². The van der Waals surface area contributed by atoms with E-state index in [4.69, 9.17) is 9.26 Å². The highest BCUT2D eigenvalue weighted by atomic mass is 19.1. The van der Waals surface area contributed by atoms with Gasteiger partial charge in [0, 0.05) is 19.6 Å². The zero-order valence-electron chi connectivity index (χ0n) is 13.4. The van der Waals surface area contributed by atoms with Crippen molar-refractivity contribution in [1.29, 1.82) is 0 Å². The minimum Gasteiger partial charge on any atom is -0.377 e. The second kappa shape index (κ2) is 7.66. The van der Waals surface area contributed by atoms with Crippen molar-refractivity contribution in [3.63, 3.8) is 0 Å². The van der Waals surface area contributed by atoms with Crippen LogP contribution < -0.4 is 0 Å². The van der Waals surface area contributed by atoms with Crippen LogP contribution in [0.1, 0.15) is 36.5 Å². The molecule has 0 spiro atoms. The van der Waals surface area contributed by atoms with E-state index in [1.807, 2.05) is 7.05 Å². The van der Waals surface area contributed by atoms with Gasteiger partial charge in [-0.3, -0.25) is 4.90 Å². The second-order valence-electron chi connectivity index (χ2n) is 6.06. The summed E-state index contributed by atoms with van der Waals surface area (Å²) < 4.78 is 24.6. The van der Waals surface area contributed by atoms with Gasteiger partial charge in [-0.15, -0.1) is 0 Å². The summed E-state index contributed by atoms with van der Waals surface area (Å²) in [5.74, 6) is 0.812. The fourth-order valence-corrected chi connectivity index (χ4v) is 2.83. The first kappa shape index (κ1) is 16.1. The van der Waals surface area contributed by atoms with Crippen LogP contribution in [0.3, 0.4) is 0 Å². The summed E-state index contributed by atoms with van der Waals surface area (Å²) in [6.07, 6.45) is 4.11. The summed E-state index contributed by atoms with van der Waals surface area (Å²) in [5.41, 5.74) is 0.573. The lowest BCUT2D eigenvalue weighted by atomic mass is 10.1. The van der Waals surface area contributed by atoms with Gasteiger partial charge in [-0.05, 0) is 37.9 Å². The maximum atomic E-state index is 13.6. The Morgan fingerprint density at radius 1 is 1.30 bits per heavy atom. The van der Waals surface area contributed by atoms with Gasteiger partial charge in [0.1, 0.15) is 5.82 Å². The molecule has 5 nitrogen and oxygen atoms in total. The van der Waals surface area contributed by atoms with Crippen molar-refractivity contribution >= 4 is 0 Å². The van der Waals surface area contributed by atoms with Gasteiger partial charge in [-0.25, -0.2) is 4.39 Å². The third kappa shape index (κ3) is 4.59. The van der Waals surface area contributed by atoms with Gasteiger partial charge in [-0.2, -0.15) is 4.98 Å². The zero-order chi connectivity index (χ0) is 16.1. The largest absolute Gasteiger partial charge is 0.377 e. The van der Waals surface area contributed by atoms with Crippen molar-refractivity contribution < 1.29 is 13.7 Å². The molecule has 0 aliphatic carbocycles. The van der Waals surface area contributed by atoms with Crippen molar-refractivity contribution in [2.75, 3.05) is 20.2 Å². The third-order valence-electron chi connectivity index (χ3n) is 4.01. The van der Waals surface area contributed by atoms with E-state index < -0.39 is 0 Å². The van der Waals surface area contributed by atoms with E-state index in [0.717, 1.165) is 26.0 Å². The molecular weight excluding hydrogens is 297 g/mol. The van der Waals surface area contributed by atoms with Gasteiger partial charge in [0.2, 0.25) is 5.89 Å². The zero-order valence-corrected chi connectivity index (χ0v) is 13.4. The van der Waals surface area contributed by atoms with E-state index in [0.29, 0.717) is 30.2 Å². The molecule has 6 heteroatoms. The maximum Gasteiger partial charge on any atom is 0.240 e. The van der Waals surface area contributed by atoms with Crippen LogP contribution in [0.2, 0.25) is 0 Å². The van der Waals surface area contributed by atoms with Crippen LogP contribution in [-0.4, -0.2) is 41.3 Å². The highest BCUT2D eigenvalue weighted by Gasteiger charge is 2.17. The monoisotopic (exact) mass is 319 g/mol. The number of hydrogen-bond acceptors (Lipinski definition) is 5. The Bertz CT molecular complexity index is 626. The van der Waals surface area contributed by atoms with Crippen molar-refractivity contribution in [2.24, 2.45) is 0 Å². The topological polar surface area (TPSA) is 51.4 Å². The van der Waals surface area contributed by atoms with Crippen molar-refractivity contribution in [2.45, 2.75) is 38.3 Å². The molecule has 1 aliphatic heterocycles.